The van der Waals surface area contributed by atoms with Crippen molar-refractivity contribution in [1.82, 2.24) is 0 Å². The molecule has 0 rings (SSSR count). The van der Waals surface area contributed by atoms with Gasteiger partial charge in [0.15, 0.2) is 0 Å². The van der Waals surface area contributed by atoms with E-state index >= 15 is 0 Å². The third-order valence-electron chi connectivity index (χ3n) is 1.85. The number of rotatable bonds is 4. The molecule has 1 heteroatoms. The lowest BCUT2D eigenvalue weighted by Crippen LogP contribution is -1.82. The quantitative estimate of drug-likeness (QED) is 0.553. The second-order valence-corrected chi connectivity index (χ2v) is 2.69. The lowest BCUT2D eigenvalue weighted by atomic mass is 10.1. The van der Waals surface area contributed by atoms with E-state index in [0.717, 1.165) is 24.0 Å². The second kappa shape index (κ2) is 5.76. The van der Waals surface area contributed by atoms with E-state index in [4.69, 9.17) is 0 Å². The van der Waals surface area contributed by atoms with Crippen molar-refractivity contribution in [1.29, 1.82) is 0 Å². The molecule has 0 spiro atoms. The number of hydrogen-bond acceptors (Lipinski definition) is 0. The first-order valence-corrected chi connectivity index (χ1v) is 4.33. The molecule has 0 saturated carbocycles. The van der Waals surface area contributed by atoms with Crippen LogP contribution in [-0.4, -0.2) is 0 Å². The summed E-state index contributed by atoms with van der Waals surface area (Å²) >= 11 is 0. The molecule has 0 amide bonds. The summed E-state index contributed by atoms with van der Waals surface area (Å²) in [5, 5.41) is 0. The van der Waals surface area contributed by atoms with E-state index in [-0.39, 0.29) is 5.83 Å². The Labute approximate surface area is 74.5 Å². The van der Waals surface area contributed by atoms with E-state index in [1.165, 1.54) is 6.92 Å². The largest absolute Gasteiger partial charge is 0.212 e. The summed E-state index contributed by atoms with van der Waals surface area (Å²) in [6, 6.07) is 0. The smallest absolute Gasteiger partial charge is 0.100 e. The molecule has 0 aromatic heterocycles. The van der Waals surface area contributed by atoms with Crippen molar-refractivity contribution in [3.05, 3.63) is 35.7 Å². The third-order valence-corrected chi connectivity index (χ3v) is 1.85. The van der Waals surface area contributed by atoms with Crippen LogP contribution >= 0.6 is 0 Å². The van der Waals surface area contributed by atoms with Crippen LogP contribution in [-0.2, 0) is 0 Å². The van der Waals surface area contributed by atoms with Crippen molar-refractivity contribution in [2.45, 2.75) is 33.6 Å². The Balaban J connectivity index is 4.67. The van der Waals surface area contributed by atoms with E-state index in [9.17, 15) is 4.39 Å². The van der Waals surface area contributed by atoms with Crippen molar-refractivity contribution in [3.8, 4) is 0 Å². The number of halogens is 1. The number of allylic oxidation sites excluding steroid dienone is 5. The summed E-state index contributed by atoms with van der Waals surface area (Å²) in [6.45, 7) is 9.14. The van der Waals surface area contributed by atoms with E-state index in [2.05, 4.69) is 6.58 Å². The van der Waals surface area contributed by atoms with Crippen LogP contribution in [0.25, 0.3) is 0 Å². The molecular formula is C11H17F. The zero-order valence-electron chi connectivity index (χ0n) is 8.15. The lowest BCUT2D eigenvalue weighted by Gasteiger charge is -2.00. The Morgan fingerprint density at radius 2 is 1.92 bits per heavy atom. The zero-order valence-corrected chi connectivity index (χ0v) is 8.15. The molecule has 0 atom stereocenters. The Morgan fingerprint density at radius 1 is 1.33 bits per heavy atom. The van der Waals surface area contributed by atoms with Crippen molar-refractivity contribution >= 4 is 0 Å². The minimum atomic E-state index is -0.0923. The molecule has 0 bridgehead atoms. The van der Waals surface area contributed by atoms with Crippen LogP contribution in [0.4, 0.5) is 4.39 Å². The van der Waals surface area contributed by atoms with E-state index in [1.54, 1.807) is 6.08 Å². The standard InChI is InChI=1S/C11H17F/c1-5-10(6-2)8-11(7-3)9(4)12/h5,8H,1,6-7H2,2-4H3/b10-8+,11-9+. The Morgan fingerprint density at radius 3 is 2.17 bits per heavy atom. The zero-order chi connectivity index (χ0) is 9.56. The summed E-state index contributed by atoms with van der Waals surface area (Å²) in [4.78, 5) is 0. The molecule has 0 radical (unpaired) electrons. The molecule has 0 aromatic rings. The summed E-state index contributed by atoms with van der Waals surface area (Å²) in [5.74, 6) is -0.0923. The summed E-state index contributed by atoms with van der Waals surface area (Å²) in [6.07, 6.45) is 5.29. The van der Waals surface area contributed by atoms with Gasteiger partial charge in [0.25, 0.3) is 0 Å². The van der Waals surface area contributed by atoms with Gasteiger partial charge in [-0.2, -0.15) is 0 Å². The van der Waals surface area contributed by atoms with Crippen LogP contribution in [0.3, 0.4) is 0 Å². The summed E-state index contributed by atoms with van der Waals surface area (Å²) in [7, 11) is 0. The molecule has 0 heterocycles. The van der Waals surface area contributed by atoms with Crippen LogP contribution in [0.5, 0.6) is 0 Å². The topological polar surface area (TPSA) is 0 Å². The molecule has 0 aliphatic carbocycles. The van der Waals surface area contributed by atoms with Crippen molar-refractivity contribution in [2.75, 3.05) is 0 Å². The highest BCUT2D eigenvalue weighted by atomic mass is 19.1. The molecule has 12 heavy (non-hydrogen) atoms. The molecule has 0 aromatic carbocycles. The number of hydrogen-bond donors (Lipinski definition) is 0. The van der Waals surface area contributed by atoms with E-state index in [1.807, 2.05) is 19.9 Å². The first-order chi connectivity index (χ1) is 5.65. The molecule has 0 aliphatic rings. The van der Waals surface area contributed by atoms with E-state index < -0.39 is 0 Å². The molecule has 0 N–H and O–H groups in total. The molecule has 0 nitrogen and oxygen atoms in total. The van der Waals surface area contributed by atoms with Gasteiger partial charge in [-0.05, 0) is 30.9 Å². The normalized spacial score (nSPS) is 14.2. The first-order valence-electron chi connectivity index (χ1n) is 4.33. The predicted octanol–water partition coefficient (Wildman–Crippen LogP) is 4.16. The fourth-order valence-electron chi connectivity index (χ4n) is 0.974. The second-order valence-electron chi connectivity index (χ2n) is 2.69. The molecule has 0 aliphatic heterocycles. The molecule has 0 fully saturated rings. The summed E-state index contributed by atoms with van der Waals surface area (Å²) < 4.78 is 12.8. The van der Waals surface area contributed by atoms with Crippen LogP contribution in [0, 0.1) is 0 Å². The van der Waals surface area contributed by atoms with Gasteiger partial charge in [0.2, 0.25) is 0 Å². The SMILES string of the molecule is C=C/C(=C\C(CC)=C(/C)F)CC. The maximum atomic E-state index is 12.8. The Kier molecular flexibility index (Phi) is 5.35. The Hall–Kier alpha value is -0.850. The molecular weight excluding hydrogens is 151 g/mol. The predicted molar refractivity (Wildman–Crippen MR) is 52.7 cm³/mol. The highest BCUT2D eigenvalue weighted by Gasteiger charge is 1.96. The highest BCUT2D eigenvalue weighted by Crippen LogP contribution is 2.15. The van der Waals surface area contributed by atoms with Crippen molar-refractivity contribution in [2.24, 2.45) is 0 Å². The monoisotopic (exact) mass is 168 g/mol. The van der Waals surface area contributed by atoms with Gasteiger partial charge in [0, 0.05) is 0 Å². The van der Waals surface area contributed by atoms with Gasteiger partial charge < -0.3 is 0 Å². The average Bonchev–Trinajstić information content (AvgIpc) is 2.06. The van der Waals surface area contributed by atoms with Crippen LogP contribution in [0.2, 0.25) is 0 Å². The van der Waals surface area contributed by atoms with Crippen LogP contribution < -0.4 is 0 Å². The molecule has 0 saturated heterocycles. The van der Waals surface area contributed by atoms with Gasteiger partial charge in [-0.15, -0.1) is 0 Å². The third kappa shape index (κ3) is 3.51. The lowest BCUT2D eigenvalue weighted by molar-refractivity contribution is 0.626. The van der Waals surface area contributed by atoms with E-state index in [0.29, 0.717) is 0 Å². The molecule has 68 valence electrons. The molecule has 0 unspecified atom stereocenters. The van der Waals surface area contributed by atoms with Crippen molar-refractivity contribution < 1.29 is 4.39 Å². The minimum absolute atomic E-state index is 0.0923. The first kappa shape index (κ1) is 11.2. The average molecular weight is 168 g/mol. The fourth-order valence-corrected chi connectivity index (χ4v) is 0.974. The van der Waals surface area contributed by atoms with Gasteiger partial charge in [-0.1, -0.05) is 32.6 Å². The van der Waals surface area contributed by atoms with Crippen molar-refractivity contribution in [3.63, 3.8) is 0 Å². The minimum Gasteiger partial charge on any atom is -0.212 e. The van der Waals surface area contributed by atoms with Crippen LogP contribution in [0.1, 0.15) is 33.6 Å². The Bertz CT molecular complexity index is 205. The maximum absolute atomic E-state index is 12.8. The van der Waals surface area contributed by atoms with Gasteiger partial charge >= 0.3 is 0 Å². The van der Waals surface area contributed by atoms with Gasteiger partial charge in [0.1, 0.15) is 5.83 Å². The summed E-state index contributed by atoms with van der Waals surface area (Å²) in [5.41, 5.74) is 1.86. The van der Waals surface area contributed by atoms with Gasteiger partial charge in [-0.3, -0.25) is 0 Å². The highest BCUT2D eigenvalue weighted by molar-refractivity contribution is 5.30. The van der Waals surface area contributed by atoms with Crippen LogP contribution in [0.15, 0.2) is 35.7 Å². The fraction of sp³-hybridized carbons (Fsp3) is 0.455. The maximum Gasteiger partial charge on any atom is 0.100 e. The van der Waals surface area contributed by atoms with Gasteiger partial charge in [-0.25, -0.2) is 4.39 Å². The van der Waals surface area contributed by atoms with Gasteiger partial charge in [0.05, 0.1) is 0 Å².